The quantitative estimate of drug-likeness (QED) is 0.803. The SMILES string of the molecule is CC(=O)N1CCCC1c1nc2c(s1)CNC2. The summed E-state index contributed by atoms with van der Waals surface area (Å²) in [6, 6.07) is 0.244. The largest absolute Gasteiger partial charge is 0.333 e. The smallest absolute Gasteiger partial charge is 0.220 e. The summed E-state index contributed by atoms with van der Waals surface area (Å²) in [5.41, 5.74) is 1.19. The Morgan fingerprint density at radius 2 is 2.44 bits per heavy atom. The maximum absolute atomic E-state index is 11.5. The van der Waals surface area contributed by atoms with Crippen LogP contribution >= 0.6 is 11.3 Å². The summed E-state index contributed by atoms with van der Waals surface area (Å²) in [7, 11) is 0. The maximum Gasteiger partial charge on any atom is 0.220 e. The first-order chi connectivity index (χ1) is 7.75. The number of hydrogen-bond donors (Lipinski definition) is 1. The van der Waals surface area contributed by atoms with Crippen molar-refractivity contribution in [1.29, 1.82) is 0 Å². The molecule has 86 valence electrons. The van der Waals surface area contributed by atoms with Crippen LogP contribution in [0.15, 0.2) is 0 Å². The summed E-state index contributed by atoms with van der Waals surface area (Å²) in [6.07, 6.45) is 2.17. The summed E-state index contributed by atoms with van der Waals surface area (Å²) in [5, 5.41) is 4.42. The highest BCUT2D eigenvalue weighted by molar-refractivity contribution is 7.11. The van der Waals surface area contributed by atoms with Crippen molar-refractivity contribution in [1.82, 2.24) is 15.2 Å². The Kier molecular flexibility index (Phi) is 2.44. The van der Waals surface area contributed by atoms with Crippen LogP contribution in [0.2, 0.25) is 0 Å². The molecule has 1 aromatic heterocycles. The molecule has 2 aliphatic rings. The van der Waals surface area contributed by atoms with E-state index >= 15 is 0 Å². The molecule has 1 amide bonds. The molecular formula is C11H15N3OS. The second kappa shape index (κ2) is 3.82. The Balaban J connectivity index is 1.88. The third kappa shape index (κ3) is 1.55. The molecular weight excluding hydrogens is 222 g/mol. The normalized spacial score (nSPS) is 23.8. The van der Waals surface area contributed by atoms with Crippen molar-refractivity contribution in [3.05, 3.63) is 15.6 Å². The van der Waals surface area contributed by atoms with Gasteiger partial charge >= 0.3 is 0 Å². The Bertz CT molecular complexity index is 407. The van der Waals surface area contributed by atoms with E-state index in [0.29, 0.717) is 0 Å². The predicted octanol–water partition coefficient (Wildman–Crippen LogP) is 1.43. The number of carbonyl (C=O) groups excluding carboxylic acids is 1. The Labute approximate surface area is 98.7 Å². The average molecular weight is 237 g/mol. The van der Waals surface area contributed by atoms with Crippen molar-refractivity contribution in [2.45, 2.75) is 38.9 Å². The highest BCUT2D eigenvalue weighted by Crippen LogP contribution is 2.36. The molecule has 0 aliphatic carbocycles. The molecule has 3 rings (SSSR count). The Morgan fingerprint density at radius 3 is 3.19 bits per heavy atom. The number of nitrogens with zero attached hydrogens (tertiary/aromatic N) is 2. The summed E-state index contributed by atoms with van der Waals surface area (Å²) < 4.78 is 0. The van der Waals surface area contributed by atoms with Gasteiger partial charge in [-0.1, -0.05) is 0 Å². The van der Waals surface area contributed by atoms with Crippen LogP contribution in [-0.2, 0) is 17.9 Å². The van der Waals surface area contributed by atoms with Gasteiger partial charge in [0.2, 0.25) is 5.91 Å². The van der Waals surface area contributed by atoms with E-state index in [9.17, 15) is 4.79 Å². The number of thiazole rings is 1. The minimum absolute atomic E-state index is 0.177. The Hall–Kier alpha value is -0.940. The van der Waals surface area contributed by atoms with Crippen LogP contribution in [0.3, 0.4) is 0 Å². The van der Waals surface area contributed by atoms with E-state index in [1.165, 1.54) is 10.6 Å². The van der Waals surface area contributed by atoms with Crippen molar-refractivity contribution in [2.75, 3.05) is 6.54 Å². The molecule has 1 saturated heterocycles. The molecule has 0 bridgehead atoms. The molecule has 1 fully saturated rings. The molecule has 0 radical (unpaired) electrons. The van der Waals surface area contributed by atoms with Crippen molar-refractivity contribution in [3.63, 3.8) is 0 Å². The first kappa shape index (κ1) is 10.2. The lowest BCUT2D eigenvalue weighted by molar-refractivity contribution is -0.129. The molecule has 4 nitrogen and oxygen atoms in total. The molecule has 1 N–H and O–H groups in total. The van der Waals surface area contributed by atoms with Crippen LogP contribution in [-0.4, -0.2) is 22.3 Å². The van der Waals surface area contributed by atoms with Gasteiger partial charge in [0.05, 0.1) is 11.7 Å². The molecule has 5 heteroatoms. The minimum atomic E-state index is 0.177. The molecule has 1 unspecified atom stereocenters. The second-order valence-corrected chi connectivity index (χ2v) is 5.51. The van der Waals surface area contributed by atoms with Gasteiger partial charge < -0.3 is 10.2 Å². The molecule has 0 saturated carbocycles. The first-order valence-corrected chi connectivity index (χ1v) is 6.54. The average Bonchev–Trinajstić information content (AvgIpc) is 2.91. The van der Waals surface area contributed by atoms with E-state index in [1.807, 2.05) is 4.90 Å². The van der Waals surface area contributed by atoms with Crippen LogP contribution in [0.1, 0.15) is 41.4 Å². The second-order valence-electron chi connectivity index (χ2n) is 4.40. The fraction of sp³-hybridized carbons (Fsp3) is 0.636. The zero-order valence-corrected chi connectivity index (χ0v) is 10.1. The molecule has 1 aromatic rings. The number of fused-ring (bicyclic) bond motifs is 1. The molecule has 0 spiro atoms. The Morgan fingerprint density at radius 1 is 1.56 bits per heavy atom. The third-order valence-corrected chi connectivity index (χ3v) is 4.51. The van der Waals surface area contributed by atoms with Gasteiger partial charge in [-0.05, 0) is 12.8 Å². The topological polar surface area (TPSA) is 45.2 Å². The van der Waals surface area contributed by atoms with E-state index in [0.717, 1.165) is 37.5 Å². The molecule has 0 aromatic carbocycles. The monoisotopic (exact) mass is 237 g/mol. The van der Waals surface area contributed by atoms with Crippen LogP contribution in [0.4, 0.5) is 0 Å². The molecule has 16 heavy (non-hydrogen) atoms. The zero-order valence-electron chi connectivity index (χ0n) is 9.32. The van der Waals surface area contributed by atoms with E-state index in [2.05, 4.69) is 10.3 Å². The number of amides is 1. The van der Waals surface area contributed by atoms with E-state index in [4.69, 9.17) is 0 Å². The van der Waals surface area contributed by atoms with Gasteiger partial charge in [-0.2, -0.15) is 0 Å². The maximum atomic E-state index is 11.5. The summed E-state index contributed by atoms with van der Waals surface area (Å²) in [4.78, 5) is 19.5. The number of aromatic nitrogens is 1. The number of carbonyl (C=O) groups is 1. The van der Waals surface area contributed by atoms with E-state index in [1.54, 1.807) is 18.3 Å². The lowest BCUT2D eigenvalue weighted by atomic mass is 10.2. The van der Waals surface area contributed by atoms with Crippen molar-refractivity contribution in [2.24, 2.45) is 0 Å². The van der Waals surface area contributed by atoms with Crippen molar-refractivity contribution >= 4 is 17.2 Å². The lowest BCUT2D eigenvalue weighted by Gasteiger charge is -2.21. The summed E-state index contributed by atoms with van der Waals surface area (Å²) in [6.45, 7) is 4.38. The van der Waals surface area contributed by atoms with Gasteiger partial charge in [-0.3, -0.25) is 4.79 Å². The zero-order chi connectivity index (χ0) is 11.1. The standard InChI is InChI=1S/C11H15N3OS/c1-7(15)14-4-2-3-9(14)11-13-8-5-12-6-10(8)16-11/h9,12H,2-6H2,1H3. The first-order valence-electron chi connectivity index (χ1n) is 5.72. The van der Waals surface area contributed by atoms with Crippen LogP contribution < -0.4 is 5.32 Å². The van der Waals surface area contributed by atoms with Gasteiger partial charge in [0.15, 0.2) is 0 Å². The van der Waals surface area contributed by atoms with Crippen molar-refractivity contribution < 1.29 is 4.79 Å². The lowest BCUT2D eigenvalue weighted by Crippen LogP contribution is -2.28. The number of rotatable bonds is 1. The van der Waals surface area contributed by atoms with Crippen molar-refractivity contribution in [3.8, 4) is 0 Å². The highest BCUT2D eigenvalue weighted by atomic mass is 32.1. The van der Waals surface area contributed by atoms with E-state index in [-0.39, 0.29) is 11.9 Å². The van der Waals surface area contributed by atoms with E-state index < -0.39 is 0 Å². The summed E-state index contributed by atoms with van der Waals surface area (Å²) >= 11 is 1.77. The molecule has 3 heterocycles. The summed E-state index contributed by atoms with van der Waals surface area (Å²) in [5.74, 6) is 0.177. The number of hydrogen-bond acceptors (Lipinski definition) is 4. The fourth-order valence-corrected chi connectivity index (χ4v) is 3.72. The van der Waals surface area contributed by atoms with Gasteiger partial charge in [0.1, 0.15) is 5.01 Å². The molecule has 2 aliphatic heterocycles. The van der Waals surface area contributed by atoms with Crippen LogP contribution in [0, 0.1) is 0 Å². The number of nitrogens with one attached hydrogen (secondary N) is 1. The minimum Gasteiger partial charge on any atom is -0.333 e. The highest BCUT2D eigenvalue weighted by Gasteiger charge is 2.31. The number of likely N-dealkylation sites (tertiary alicyclic amines) is 1. The van der Waals surface area contributed by atoms with Gasteiger partial charge in [0.25, 0.3) is 0 Å². The van der Waals surface area contributed by atoms with Gasteiger partial charge in [-0.25, -0.2) is 4.98 Å². The fourth-order valence-electron chi connectivity index (χ4n) is 2.52. The van der Waals surface area contributed by atoms with Crippen LogP contribution in [0.5, 0.6) is 0 Å². The van der Waals surface area contributed by atoms with Crippen LogP contribution in [0.25, 0.3) is 0 Å². The third-order valence-electron chi connectivity index (χ3n) is 3.32. The predicted molar refractivity (Wildman–Crippen MR) is 62.0 cm³/mol. The van der Waals surface area contributed by atoms with Gasteiger partial charge in [-0.15, -0.1) is 11.3 Å². The molecule has 1 atom stereocenters. The van der Waals surface area contributed by atoms with Gasteiger partial charge in [0, 0.05) is 31.4 Å².